The minimum Gasteiger partial charge on any atom is -0.508 e. The monoisotopic (exact) mass is 559 g/mol. The molecule has 0 spiro atoms. The molecular weight excluding hydrogens is 526 g/mol. The van der Waals surface area contributed by atoms with Crippen molar-refractivity contribution in [2.24, 2.45) is 0 Å². The van der Waals surface area contributed by atoms with Gasteiger partial charge in [0.2, 0.25) is 0 Å². The summed E-state index contributed by atoms with van der Waals surface area (Å²) in [4.78, 5) is 21.4. The van der Waals surface area contributed by atoms with E-state index in [1.54, 1.807) is 6.07 Å². The third-order valence-corrected chi connectivity index (χ3v) is 9.04. The number of phenolic OH excluding ortho intramolecular Hbond substituents is 1. The van der Waals surface area contributed by atoms with Crippen LogP contribution in [0.25, 0.3) is 10.8 Å². The Morgan fingerprint density at radius 3 is 2.90 bits per heavy atom. The molecule has 1 fully saturated rings. The molecule has 7 rings (SSSR count). The molecule has 2 aromatic heterocycles. The molecule has 0 radical (unpaired) electrons. The number of anilines is 2. The van der Waals surface area contributed by atoms with Crippen molar-refractivity contribution in [3.63, 3.8) is 0 Å². The van der Waals surface area contributed by atoms with Crippen LogP contribution in [0.5, 0.6) is 11.8 Å². The maximum Gasteiger partial charge on any atom is 0.318 e. The van der Waals surface area contributed by atoms with Gasteiger partial charge < -0.3 is 29.1 Å². The SMILES string of the molecule is C[C@@H]1Cn2cncc2CN1c1nc(OC[C@@H]2CCCN2C)nc2c1CCN(c1cc(O)cc3cccc(Cl)c13)C2. The molecule has 5 heterocycles. The van der Waals surface area contributed by atoms with E-state index >= 15 is 0 Å². The van der Waals surface area contributed by atoms with Crippen LogP contribution in [0.15, 0.2) is 42.9 Å². The lowest BCUT2D eigenvalue weighted by atomic mass is 10.0. The Labute approximate surface area is 239 Å². The fourth-order valence-corrected chi connectivity index (χ4v) is 6.77. The molecule has 0 unspecified atom stereocenters. The van der Waals surface area contributed by atoms with Crippen LogP contribution in [0.2, 0.25) is 5.02 Å². The molecule has 0 aliphatic carbocycles. The molecule has 40 heavy (non-hydrogen) atoms. The van der Waals surface area contributed by atoms with Crippen LogP contribution in [-0.4, -0.2) is 68.4 Å². The van der Waals surface area contributed by atoms with Crippen molar-refractivity contribution >= 4 is 33.9 Å². The number of benzene rings is 2. The molecule has 1 saturated heterocycles. The van der Waals surface area contributed by atoms with Crippen molar-refractivity contribution in [1.29, 1.82) is 0 Å². The fraction of sp³-hybridized carbons (Fsp3) is 0.433. The summed E-state index contributed by atoms with van der Waals surface area (Å²) < 4.78 is 8.53. The van der Waals surface area contributed by atoms with E-state index in [4.69, 9.17) is 26.3 Å². The van der Waals surface area contributed by atoms with E-state index < -0.39 is 0 Å². The number of aromatic nitrogens is 4. The summed E-state index contributed by atoms with van der Waals surface area (Å²) in [6, 6.07) is 10.4. The standard InChI is InChI=1S/C30H34ClN7O2/c1-19-14-37-18-32-13-22(37)15-38(19)29-24-8-10-36(27-12-23(39)11-20-5-3-7-25(31)28(20)27)16-26(24)33-30(34-29)40-17-21-6-4-9-35(21)2/h3,5,7,11-13,18-19,21,39H,4,6,8-10,14-17H2,1-2H3/t19-,21+/m1/s1. The zero-order valence-corrected chi connectivity index (χ0v) is 23.7. The van der Waals surface area contributed by atoms with Crippen LogP contribution in [0.4, 0.5) is 11.5 Å². The summed E-state index contributed by atoms with van der Waals surface area (Å²) in [6.45, 7) is 6.85. The highest BCUT2D eigenvalue weighted by Gasteiger charge is 2.32. The summed E-state index contributed by atoms with van der Waals surface area (Å²) in [5.41, 5.74) is 4.22. The molecule has 2 aromatic carbocycles. The second-order valence-corrected chi connectivity index (χ2v) is 11.7. The molecule has 3 aliphatic heterocycles. The molecule has 1 N–H and O–H groups in total. The second-order valence-electron chi connectivity index (χ2n) is 11.3. The van der Waals surface area contributed by atoms with Gasteiger partial charge >= 0.3 is 6.01 Å². The van der Waals surface area contributed by atoms with Crippen molar-refractivity contribution in [1.82, 2.24) is 24.4 Å². The highest BCUT2D eigenvalue weighted by Crippen LogP contribution is 2.40. The van der Waals surface area contributed by atoms with Gasteiger partial charge in [0.15, 0.2) is 0 Å². The van der Waals surface area contributed by atoms with Gasteiger partial charge in [-0.05, 0) is 57.3 Å². The Morgan fingerprint density at radius 2 is 2.05 bits per heavy atom. The lowest BCUT2D eigenvalue weighted by molar-refractivity contribution is 0.187. The average molecular weight is 560 g/mol. The molecule has 10 heteroatoms. The molecule has 9 nitrogen and oxygen atoms in total. The van der Waals surface area contributed by atoms with Crippen LogP contribution in [0.1, 0.15) is 36.7 Å². The average Bonchev–Trinajstić information content (AvgIpc) is 3.58. The summed E-state index contributed by atoms with van der Waals surface area (Å²) in [5, 5.41) is 13.1. The van der Waals surface area contributed by atoms with Crippen LogP contribution in [-0.2, 0) is 26.1 Å². The minimum atomic E-state index is 0.224. The summed E-state index contributed by atoms with van der Waals surface area (Å²) in [5.74, 6) is 1.18. The van der Waals surface area contributed by atoms with Gasteiger partial charge in [-0.2, -0.15) is 9.97 Å². The van der Waals surface area contributed by atoms with E-state index in [0.29, 0.717) is 30.2 Å². The van der Waals surface area contributed by atoms with Gasteiger partial charge in [-0.25, -0.2) is 4.98 Å². The first kappa shape index (κ1) is 25.4. The number of fused-ring (bicyclic) bond motifs is 3. The van der Waals surface area contributed by atoms with Crippen LogP contribution >= 0.6 is 11.6 Å². The smallest absolute Gasteiger partial charge is 0.318 e. The normalized spacial score (nSPS) is 21.1. The molecule has 4 aromatic rings. The third-order valence-electron chi connectivity index (χ3n) is 8.73. The number of imidazole rings is 1. The van der Waals surface area contributed by atoms with Crippen LogP contribution < -0.4 is 14.5 Å². The van der Waals surface area contributed by atoms with Gasteiger partial charge in [-0.15, -0.1) is 0 Å². The summed E-state index contributed by atoms with van der Waals surface area (Å²) >= 11 is 6.68. The lowest BCUT2D eigenvalue weighted by Gasteiger charge is -2.38. The number of likely N-dealkylation sites (tertiary alicyclic amines) is 1. The molecule has 208 valence electrons. The Hall–Kier alpha value is -3.56. The molecular formula is C30H34ClN7O2. The van der Waals surface area contributed by atoms with E-state index in [9.17, 15) is 5.11 Å². The van der Waals surface area contributed by atoms with Gasteiger partial charge in [0.25, 0.3) is 0 Å². The summed E-state index contributed by atoms with van der Waals surface area (Å²) in [7, 11) is 2.15. The van der Waals surface area contributed by atoms with Crippen LogP contribution in [0.3, 0.4) is 0 Å². The predicted octanol–water partition coefficient (Wildman–Crippen LogP) is 4.63. The Morgan fingerprint density at radius 1 is 1.15 bits per heavy atom. The Bertz CT molecular complexity index is 1570. The van der Waals surface area contributed by atoms with Crippen molar-refractivity contribution in [3.8, 4) is 11.8 Å². The van der Waals surface area contributed by atoms with Gasteiger partial charge in [-0.1, -0.05) is 23.7 Å². The number of ether oxygens (including phenoxy) is 1. The van der Waals surface area contributed by atoms with Crippen molar-refractivity contribution in [3.05, 3.63) is 64.8 Å². The first-order chi connectivity index (χ1) is 19.4. The largest absolute Gasteiger partial charge is 0.508 e. The zero-order chi connectivity index (χ0) is 27.4. The molecule has 3 aliphatic rings. The predicted molar refractivity (Wildman–Crippen MR) is 156 cm³/mol. The minimum absolute atomic E-state index is 0.224. The Kier molecular flexibility index (Phi) is 6.43. The number of halogens is 1. The highest BCUT2D eigenvalue weighted by atomic mass is 35.5. The van der Waals surface area contributed by atoms with Gasteiger partial charge in [-0.3, -0.25) is 0 Å². The molecule has 0 amide bonds. The number of aromatic hydroxyl groups is 1. The number of phenols is 1. The number of hydrogen-bond acceptors (Lipinski definition) is 8. The van der Waals surface area contributed by atoms with Crippen molar-refractivity contribution < 1.29 is 9.84 Å². The van der Waals surface area contributed by atoms with E-state index in [2.05, 4.69) is 38.2 Å². The maximum atomic E-state index is 10.5. The topological polar surface area (TPSA) is 82.8 Å². The lowest BCUT2D eigenvalue weighted by Crippen LogP contribution is -2.43. The first-order valence-electron chi connectivity index (χ1n) is 14.1. The zero-order valence-electron chi connectivity index (χ0n) is 22.9. The first-order valence-corrected chi connectivity index (χ1v) is 14.5. The maximum absolute atomic E-state index is 10.5. The third kappa shape index (κ3) is 4.51. The summed E-state index contributed by atoms with van der Waals surface area (Å²) in [6.07, 6.45) is 6.95. The highest BCUT2D eigenvalue weighted by molar-refractivity contribution is 6.36. The van der Waals surface area contributed by atoms with E-state index in [1.807, 2.05) is 36.8 Å². The quantitative estimate of drug-likeness (QED) is 0.379. The van der Waals surface area contributed by atoms with Crippen molar-refractivity contribution in [2.75, 3.05) is 36.5 Å². The molecule has 2 atom stereocenters. The number of rotatable bonds is 5. The molecule has 0 bridgehead atoms. The van der Waals surface area contributed by atoms with Crippen LogP contribution in [0, 0.1) is 0 Å². The molecule has 0 saturated carbocycles. The van der Waals surface area contributed by atoms with E-state index in [1.165, 1.54) is 12.1 Å². The van der Waals surface area contributed by atoms with E-state index in [0.717, 1.165) is 72.6 Å². The van der Waals surface area contributed by atoms with E-state index in [-0.39, 0.29) is 11.8 Å². The number of likely N-dealkylation sites (N-methyl/N-ethyl adjacent to an activating group) is 1. The fourth-order valence-electron chi connectivity index (χ4n) is 6.49. The van der Waals surface area contributed by atoms with Gasteiger partial charge in [0.1, 0.15) is 18.2 Å². The van der Waals surface area contributed by atoms with Gasteiger partial charge in [0, 0.05) is 48.4 Å². The van der Waals surface area contributed by atoms with Gasteiger partial charge in [0.05, 0.1) is 41.5 Å². The Balaban J connectivity index is 1.27. The van der Waals surface area contributed by atoms with Crippen molar-refractivity contribution in [2.45, 2.75) is 57.9 Å². The number of nitrogens with zero attached hydrogens (tertiary/aromatic N) is 7. The number of hydrogen-bond donors (Lipinski definition) is 1. The second kappa shape index (κ2) is 10.1.